The number of fused-ring (bicyclic) bond motifs is 1. The third kappa shape index (κ3) is 7.34. The van der Waals surface area contributed by atoms with Crippen molar-refractivity contribution in [3.63, 3.8) is 0 Å². The van der Waals surface area contributed by atoms with Gasteiger partial charge in [0.25, 0.3) is 5.91 Å². The van der Waals surface area contributed by atoms with Gasteiger partial charge < -0.3 is 14.6 Å². The summed E-state index contributed by atoms with van der Waals surface area (Å²) in [6.45, 7) is 9.18. The van der Waals surface area contributed by atoms with Gasteiger partial charge in [0.05, 0.1) is 17.1 Å². The summed E-state index contributed by atoms with van der Waals surface area (Å²) >= 11 is 0. The Morgan fingerprint density at radius 2 is 1.71 bits per heavy atom. The Hall–Kier alpha value is -2.82. The number of aryl methyl sites for hydroxylation is 3. The van der Waals surface area contributed by atoms with Gasteiger partial charge in [0.1, 0.15) is 11.6 Å². The monoisotopic (exact) mass is 463 g/mol. The van der Waals surface area contributed by atoms with E-state index in [-0.39, 0.29) is 18.6 Å². The van der Waals surface area contributed by atoms with Crippen molar-refractivity contribution in [3.8, 4) is 5.75 Å². The van der Waals surface area contributed by atoms with Crippen LogP contribution >= 0.6 is 0 Å². The van der Waals surface area contributed by atoms with Crippen LogP contribution in [0.3, 0.4) is 0 Å². The number of para-hydroxylation sites is 2. The molecule has 184 valence electrons. The highest BCUT2D eigenvalue weighted by atomic mass is 16.5. The molecule has 0 aliphatic heterocycles. The van der Waals surface area contributed by atoms with Gasteiger partial charge in [-0.15, -0.1) is 0 Å². The molecule has 1 N–H and O–H groups in total. The van der Waals surface area contributed by atoms with E-state index in [9.17, 15) is 4.79 Å². The van der Waals surface area contributed by atoms with Gasteiger partial charge in [0, 0.05) is 6.54 Å². The minimum absolute atomic E-state index is 0.00705. The second kappa shape index (κ2) is 13.2. The van der Waals surface area contributed by atoms with E-state index in [1.54, 1.807) is 0 Å². The summed E-state index contributed by atoms with van der Waals surface area (Å²) < 4.78 is 8.07. The van der Waals surface area contributed by atoms with Crippen molar-refractivity contribution in [2.24, 2.45) is 0 Å². The maximum atomic E-state index is 12.7. The predicted molar refractivity (Wildman–Crippen MR) is 140 cm³/mol. The van der Waals surface area contributed by atoms with Gasteiger partial charge in [-0.1, -0.05) is 76.1 Å². The van der Waals surface area contributed by atoms with E-state index in [0.29, 0.717) is 0 Å². The smallest absolute Gasteiger partial charge is 0.258 e. The van der Waals surface area contributed by atoms with E-state index in [4.69, 9.17) is 9.72 Å². The number of carbonyl (C=O) groups is 1. The number of ether oxygens (including phenoxy) is 1. The molecule has 1 atom stereocenters. The molecule has 34 heavy (non-hydrogen) atoms. The van der Waals surface area contributed by atoms with Crippen molar-refractivity contribution in [1.82, 2.24) is 14.9 Å². The molecule has 1 aromatic heterocycles. The van der Waals surface area contributed by atoms with Crippen molar-refractivity contribution in [1.29, 1.82) is 0 Å². The van der Waals surface area contributed by atoms with Crippen molar-refractivity contribution in [3.05, 3.63) is 59.4 Å². The molecule has 1 unspecified atom stereocenters. The highest BCUT2D eigenvalue weighted by Crippen LogP contribution is 2.23. The van der Waals surface area contributed by atoms with Crippen LogP contribution in [0, 0.1) is 13.8 Å². The molecular weight excluding hydrogens is 422 g/mol. The molecule has 0 aliphatic carbocycles. The lowest BCUT2D eigenvalue weighted by Crippen LogP contribution is -2.32. The lowest BCUT2D eigenvalue weighted by molar-refractivity contribution is -0.123. The fourth-order valence-electron chi connectivity index (χ4n) is 4.42. The zero-order valence-electron chi connectivity index (χ0n) is 21.4. The standard InChI is InChI=1S/C29H41N3O2/c1-5-6-7-8-9-10-11-14-19-32-26-16-13-12-15-25(26)31-29(32)24(4)30-28(33)21-34-27-20-22(2)17-18-23(27)3/h12-13,15-18,20,24H,5-11,14,19,21H2,1-4H3,(H,30,33). The lowest BCUT2D eigenvalue weighted by Gasteiger charge is -2.17. The van der Waals surface area contributed by atoms with Gasteiger partial charge in [0.15, 0.2) is 6.61 Å². The Kier molecular flexibility index (Phi) is 9.99. The molecule has 3 rings (SSSR count). The predicted octanol–water partition coefficient (Wildman–Crippen LogP) is 7.05. The van der Waals surface area contributed by atoms with Gasteiger partial charge in [0.2, 0.25) is 0 Å². The highest BCUT2D eigenvalue weighted by molar-refractivity contribution is 5.79. The largest absolute Gasteiger partial charge is 0.483 e. The maximum absolute atomic E-state index is 12.7. The Morgan fingerprint density at radius 1 is 1.00 bits per heavy atom. The van der Waals surface area contributed by atoms with E-state index in [0.717, 1.165) is 46.7 Å². The number of rotatable bonds is 14. The molecular formula is C29H41N3O2. The normalized spacial score (nSPS) is 12.1. The Labute approximate surface area is 204 Å². The zero-order valence-corrected chi connectivity index (χ0v) is 21.4. The number of nitrogens with zero attached hydrogens (tertiary/aromatic N) is 2. The summed E-state index contributed by atoms with van der Waals surface area (Å²) in [6.07, 6.45) is 10.3. The quantitative estimate of drug-likeness (QED) is 0.261. The Balaban J connectivity index is 1.58. The molecule has 2 aromatic carbocycles. The molecule has 0 radical (unpaired) electrons. The third-order valence-electron chi connectivity index (χ3n) is 6.39. The van der Waals surface area contributed by atoms with Crippen LogP contribution in [0.5, 0.6) is 5.75 Å². The summed E-state index contributed by atoms with van der Waals surface area (Å²) in [5, 5.41) is 3.08. The van der Waals surface area contributed by atoms with Crippen LogP contribution in [0.25, 0.3) is 11.0 Å². The molecule has 5 heteroatoms. The number of carbonyl (C=O) groups excluding carboxylic acids is 1. The molecule has 0 saturated carbocycles. The van der Waals surface area contributed by atoms with Gasteiger partial charge >= 0.3 is 0 Å². The van der Waals surface area contributed by atoms with Crippen LogP contribution in [0.4, 0.5) is 0 Å². The van der Waals surface area contributed by atoms with Crippen LogP contribution in [0.15, 0.2) is 42.5 Å². The number of nitrogens with one attached hydrogen (secondary N) is 1. The number of unbranched alkanes of at least 4 members (excludes halogenated alkanes) is 7. The molecule has 5 nitrogen and oxygen atoms in total. The lowest BCUT2D eigenvalue weighted by atomic mass is 10.1. The first-order chi connectivity index (χ1) is 16.5. The molecule has 0 saturated heterocycles. The second-order valence-electron chi connectivity index (χ2n) is 9.43. The van der Waals surface area contributed by atoms with Crippen molar-refractivity contribution in [2.75, 3.05) is 6.61 Å². The minimum atomic E-state index is -0.198. The van der Waals surface area contributed by atoms with E-state index in [1.807, 2.05) is 51.1 Å². The van der Waals surface area contributed by atoms with Crippen LogP contribution in [0.2, 0.25) is 0 Å². The first-order valence-corrected chi connectivity index (χ1v) is 12.9. The summed E-state index contributed by atoms with van der Waals surface area (Å²) in [5.74, 6) is 1.52. The van der Waals surface area contributed by atoms with Gasteiger partial charge in [-0.3, -0.25) is 4.79 Å². The van der Waals surface area contributed by atoms with Gasteiger partial charge in [-0.2, -0.15) is 0 Å². The molecule has 3 aromatic rings. The van der Waals surface area contributed by atoms with Crippen LogP contribution in [0.1, 0.15) is 88.2 Å². The summed E-state index contributed by atoms with van der Waals surface area (Å²) in [5.41, 5.74) is 4.25. The minimum Gasteiger partial charge on any atom is -0.483 e. The number of hydrogen-bond acceptors (Lipinski definition) is 3. The van der Waals surface area contributed by atoms with Gasteiger partial charge in [-0.05, 0) is 56.5 Å². The zero-order chi connectivity index (χ0) is 24.3. The molecule has 1 heterocycles. The summed E-state index contributed by atoms with van der Waals surface area (Å²) in [4.78, 5) is 17.5. The number of aromatic nitrogens is 2. The fraction of sp³-hybridized carbons (Fsp3) is 0.517. The van der Waals surface area contributed by atoms with Crippen molar-refractivity contribution >= 4 is 16.9 Å². The highest BCUT2D eigenvalue weighted by Gasteiger charge is 2.18. The topological polar surface area (TPSA) is 56.2 Å². The third-order valence-corrected chi connectivity index (χ3v) is 6.39. The Bertz CT molecular complexity index is 1060. The van der Waals surface area contributed by atoms with Crippen LogP contribution in [-0.4, -0.2) is 22.1 Å². The van der Waals surface area contributed by atoms with E-state index in [1.165, 1.54) is 44.9 Å². The van der Waals surface area contributed by atoms with Crippen LogP contribution in [-0.2, 0) is 11.3 Å². The summed E-state index contributed by atoms with van der Waals surface area (Å²) in [7, 11) is 0. The second-order valence-corrected chi connectivity index (χ2v) is 9.43. The molecule has 1 amide bonds. The summed E-state index contributed by atoms with van der Waals surface area (Å²) in [6, 6.07) is 14.1. The van der Waals surface area contributed by atoms with E-state index >= 15 is 0 Å². The SMILES string of the molecule is CCCCCCCCCCn1c(C(C)NC(=O)COc2cc(C)ccc2C)nc2ccccc21. The molecule has 0 spiro atoms. The van der Waals surface area contributed by atoms with Crippen LogP contribution < -0.4 is 10.1 Å². The van der Waals surface area contributed by atoms with Crippen molar-refractivity contribution in [2.45, 2.75) is 91.6 Å². The maximum Gasteiger partial charge on any atom is 0.258 e. The van der Waals surface area contributed by atoms with Crippen molar-refractivity contribution < 1.29 is 9.53 Å². The first-order valence-electron chi connectivity index (χ1n) is 12.9. The number of benzene rings is 2. The average molecular weight is 464 g/mol. The average Bonchev–Trinajstić information content (AvgIpc) is 3.20. The van der Waals surface area contributed by atoms with E-state index in [2.05, 4.69) is 28.9 Å². The number of imidazole rings is 1. The van der Waals surface area contributed by atoms with E-state index < -0.39 is 0 Å². The molecule has 0 fully saturated rings. The van der Waals surface area contributed by atoms with Gasteiger partial charge in [-0.25, -0.2) is 4.98 Å². The number of hydrogen-bond donors (Lipinski definition) is 1. The first kappa shape index (κ1) is 25.8. The molecule has 0 aliphatic rings. The fourth-order valence-corrected chi connectivity index (χ4v) is 4.42. The Morgan fingerprint density at radius 3 is 2.47 bits per heavy atom. The molecule has 0 bridgehead atoms. The number of amides is 1.